The summed E-state index contributed by atoms with van der Waals surface area (Å²) >= 11 is 5.79. The molecule has 1 heterocycles. The van der Waals surface area contributed by atoms with Crippen LogP contribution in [0.3, 0.4) is 0 Å². The standard InChI is InChI=1S/C16H14ClN3O2/c17-12-4-2-11(3-5-12)15(21)18-8-7-10-1-6-13-14(9-10)20-16(22)19-13/h1-6,9H,7-8H2,(H,18,21)(H2,19,20,22). The third-order valence-electron chi connectivity index (χ3n) is 3.39. The van der Waals surface area contributed by atoms with Gasteiger partial charge in [-0.05, 0) is 48.4 Å². The fourth-order valence-corrected chi connectivity index (χ4v) is 2.38. The number of carbonyl (C=O) groups excluding carboxylic acids is 1. The van der Waals surface area contributed by atoms with Gasteiger partial charge in [-0.2, -0.15) is 0 Å². The lowest BCUT2D eigenvalue weighted by Gasteiger charge is -2.05. The molecular formula is C16H14ClN3O2. The number of fused-ring (bicyclic) bond motifs is 1. The number of H-pyrrole nitrogens is 2. The van der Waals surface area contributed by atoms with Gasteiger partial charge in [0.15, 0.2) is 0 Å². The zero-order chi connectivity index (χ0) is 15.5. The summed E-state index contributed by atoms with van der Waals surface area (Å²) in [6, 6.07) is 12.4. The average molecular weight is 316 g/mol. The van der Waals surface area contributed by atoms with Crippen LogP contribution < -0.4 is 11.0 Å². The van der Waals surface area contributed by atoms with Gasteiger partial charge in [-0.3, -0.25) is 4.79 Å². The molecule has 0 saturated carbocycles. The van der Waals surface area contributed by atoms with Crippen LogP contribution in [0.25, 0.3) is 11.0 Å². The molecule has 0 bridgehead atoms. The van der Waals surface area contributed by atoms with Gasteiger partial charge in [-0.25, -0.2) is 4.79 Å². The van der Waals surface area contributed by atoms with Crippen LogP contribution >= 0.6 is 11.6 Å². The van der Waals surface area contributed by atoms with Crippen molar-refractivity contribution in [1.82, 2.24) is 15.3 Å². The molecule has 0 aliphatic carbocycles. The van der Waals surface area contributed by atoms with Gasteiger partial charge in [-0.15, -0.1) is 0 Å². The van der Waals surface area contributed by atoms with E-state index in [4.69, 9.17) is 11.6 Å². The Balaban J connectivity index is 1.60. The van der Waals surface area contributed by atoms with Crippen LogP contribution in [0.2, 0.25) is 5.02 Å². The molecule has 1 amide bonds. The van der Waals surface area contributed by atoms with Crippen molar-refractivity contribution in [1.29, 1.82) is 0 Å². The van der Waals surface area contributed by atoms with E-state index in [9.17, 15) is 9.59 Å². The number of aromatic nitrogens is 2. The van der Waals surface area contributed by atoms with Crippen LogP contribution in [0.15, 0.2) is 47.3 Å². The number of halogens is 1. The summed E-state index contributed by atoms with van der Waals surface area (Å²) in [7, 11) is 0. The third-order valence-corrected chi connectivity index (χ3v) is 3.64. The van der Waals surface area contributed by atoms with Gasteiger partial charge >= 0.3 is 5.69 Å². The number of rotatable bonds is 4. The maximum Gasteiger partial charge on any atom is 0.323 e. The molecule has 22 heavy (non-hydrogen) atoms. The fraction of sp³-hybridized carbons (Fsp3) is 0.125. The topological polar surface area (TPSA) is 77.8 Å². The van der Waals surface area contributed by atoms with Crippen molar-refractivity contribution >= 4 is 28.5 Å². The number of hydrogen-bond donors (Lipinski definition) is 3. The van der Waals surface area contributed by atoms with Crippen LogP contribution in [0.4, 0.5) is 0 Å². The van der Waals surface area contributed by atoms with Gasteiger partial charge in [0.2, 0.25) is 0 Å². The Morgan fingerprint density at radius 2 is 1.77 bits per heavy atom. The molecule has 3 N–H and O–H groups in total. The Kier molecular flexibility index (Phi) is 3.98. The number of aromatic amines is 2. The van der Waals surface area contributed by atoms with E-state index in [2.05, 4.69) is 15.3 Å². The van der Waals surface area contributed by atoms with Crippen molar-refractivity contribution in [3.05, 3.63) is 69.1 Å². The van der Waals surface area contributed by atoms with Crippen LogP contribution in [0.5, 0.6) is 0 Å². The SMILES string of the molecule is O=C(NCCc1ccc2[nH]c(=O)[nH]c2c1)c1ccc(Cl)cc1. The number of hydrogen-bond acceptors (Lipinski definition) is 2. The van der Waals surface area contributed by atoms with Crippen LogP contribution in [-0.4, -0.2) is 22.4 Å². The first-order chi connectivity index (χ1) is 10.6. The molecule has 6 heteroatoms. The van der Waals surface area contributed by atoms with E-state index in [1.807, 2.05) is 18.2 Å². The Morgan fingerprint density at radius 3 is 2.55 bits per heavy atom. The average Bonchev–Trinajstić information content (AvgIpc) is 2.87. The van der Waals surface area contributed by atoms with E-state index in [-0.39, 0.29) is 11.6 Å². The highest BCUT2D eigenvalue weighted by atomic mass is 35.5. The highest BCUT2D eigenvalue weighted by Crippen LogP contribution is 2.11. The maximum atomic E-state index is 12.0. The summed E-state index contributed by atoms with van der Waals surface area (Å²) < 4.78 is 0. The lowest BCUT2D eigenvalue weighted by atomic mass is 10.1. The molecule has 0 fully saturated rings. The first kappa shape index (κ1) is 14.4. The summed E-state index contributed by atoms with van der Waals surface area (Å²) in [6.45, 7) is 0.515. The first-order valence-electron chi connectivity index (χ1n) is 6.86. The Labute approximate surface area is 131 Å². The maximum absolute atomic E-state index is 12.0. The molecule has 0 spiro atoms. The molecule has 3 aromatic rings. The number of carbonyl (C=O) groups is 1. The molecule has 0 aliphatic heterocycles. The molecule has 0 atom stereocenters. The van der Waals surface area contributed by atoms with E-state index in [1.54, 1.807) is 24.3 Å². The van der Waals surface area contributed by atoms with E-state index >= 15 is 0 Å². The van der Waals surface area contributed by atoms with Gasteiger partial charge in [0.05, 0.1) is 11.0 Å². The monoisotopic (exact) mass is 315 g/mol. The summed E-state index contributed by atoms with van der Waals surface area (Å²) in [5.74, 6) is -0.132. The second-order valence-electron chi connectivity index (χ2n) is 4.97. The predicted molar refractivity (Wildman–Crippen MR) is 86.4 cm³/mol. The van der Waals surface area contributed by atoms with Gasteiger partial charge in [0.1, 0.15) is 0 Å². The number of nitrogens with one attached hydrogen (secondary N) is 3. The quantitative estimate of drug-likeness (QED) is 0.691. The molecule has 2 aromatic carbocycles. The van der Waals surface area contributed by atoms with E-state index in [0.717, 1.165) is 16.6 Å². The molecular weight excluding hydrogens is 302 g/mol. The van der Waals surface area contributed by atoms with Crippen molar-refractivity contribution in [2.75, 3.05) is 6.54 Å². The van der Waals surface area contributed by atoms with Crippen molar-refractivity contribution in [3.8, 4) is 0 Å². The summed E-state index contributed by atoms with van der Waals surface area (Å²) in [4.78, 5) is 28.6. The van der Waals surface area contributed by atoms with Crippen molar-refractivity contribution in [2.24, 2.45) is 0 Å². The molecule has 0 aliphatic rings. The fourth-order valence-electron chi connectivity index (χ4n) is 2.26. The second kappa shape index (κ2) is 6.07. The highest BCUT2D eigenvalue weighted by Gasteiger charge is 2.05. The lowest BCUT2D eigenvalue weighted by molar-refractivity contribution is 0.0954. The largest absolute Gasteiger partial charge is 0.352 e. The van der Waals surface area contributed by atoms with Crippen LogP contribution in [0, 0.1) is 0 Å². The molecule has 0 saturated heterocycles. The zero-order valence-corrected chi connectivity index (χ0v) is 12.4. The Bertz CT molecular complexity index is 865. The minimum Gasteiger partial charge on any atom is -0.352 e. The van der Waals surface area contributed by atoms with Crippen molar-refractivity contribution in [3.63, 3.8) is 0 Å². The molecule has 0 radical (unpaired) electrons. The van der Waals surface area contributed by atoms with Crippen molar-refractivity contribution in [2.45, 2.75) is 6.42 Å². The van der Waals surface area contributed by atoms with Gasteiger partial charge in [-0.1, -0.05) is 17.7 Å². The Hall–Kier alpha value is -2.53. The van der Waals surface area contributed by atoms with Gasteiger partial charge in [0.25, 0.3) is 5.91 Å². The third kappa shape index (κ3) is 3.20. The summed E-state index contributed by atoms with van der Waals surface area (Å²) in [5, 5.41) is 3.46. The van der Waals surface area contributed by atoms with E-state index < -0.39 is 0 Å². The van der Waals surface area contributed by atoms with Gasteiger partial charge < -0.3 is 15.3 Å². The number of benzene rings is 2. The van der Waals surface area contributed by atoms with Crippen molar-refractivity contribution < 1.29 is 4.79 Å². The minimum absolute atomic E-state index is 0.132. The first-order valence-corrected chi connectivity index (χ1v) is 7.24. The van der Waals surface area contributed by atoms with Gasteiger partial charge in [0, 0.05) is 17.1 Å². The second-order valence-corrected chi connectivity index (χ2v) is 5.41. The predicted octanol–water partition coefficient (Wildman–Crippen LogP) is 2.48. The van der Waals surface area contributed by atoms with Crippen LogP contribution in [0.1, 0.15) is 15.9 Å². The normalized spacial score (nSPS) is 10.8. The molecule has 112 valence electrons. The molecule has 1 aromatic heterocycles. The smallest absolute Gasteiger partial charge is 0.323 e. The highest BCUT2D eigenvalue weighted by molar-refractivity contribution is 6.30. The Morgan fingerprint density at radius 1 is 1.05 bits per heavy atom. The summed E-state index contributed by atoms with van der Waals surface area (Å²) in [6.07, 6.45) is 0.683. The molecule has 0 unspecified atom stereocenters. The number of amides is 1. The van der Waals surface area contributed by atoms with E-state index in [1.165, 1.54) is 0 Å². The number of imidazole rings is 1. The van der Waals surface area contributed by atoms with E-state index in [0.29, 0.717) is 23.6 Å². The zero-order valence-electron chi connectivity index (χ0n) is 11.7. The van der Waals surface area contributed by atoms with Crippen LogP contribution in [-0.2, 0) is 6.42 Å². The lowest BCUT2D eigenvalue weighted by Crippen LogP contribution is -2.25. The summed E-state index contributed by atoms with van der Waals surface area (Å²) in [5.41, 5.74) is 2.95. The molecule has 3 rings (SSSR count). The minimum atomic E-state index is -0.219. The molecule has 5 nitrogen and oxygen atoms in total.